The number of rotatable bonds is 9. The summed E-state index contributed by atoms with van der Waals surface area (Å²) in [6.07, 6.45) is 1.75. The van der Waals surface area contributed by atoms with Crippen LogP contribution in [-0.4, -0.2) is 29.8 Å². The fraction of sp³-hybridized carbons (Fsp3) is 0.533. The van der Waals surface area contributed by atoms with Gasteiger partial charge in [0.15, 0.2) is 11.6 Å². The van der Waals surface area contributed by atoms with Crippen molar-refractivity contribution in [2.24, 2.45) is 0 Å². The molecule has 0 heterocycles. The minimum atomic E-state index is -0.948. The van der Waals surface area contributed by atoms with E-state index in [4.69, 9.17) is 4.74 Å². The summed E-state index contributed by atoms with van der Waals surface area (Å²) in [5.41, 5.74) is -0.948. The Bertz CT molecular complexity index is 482. The second kappa shape index (κ2) is 7.93. The number of nitrogens with one attached hydrogen (secondary N) is 1. The molecule has 0 radical (unpaired) electrons. The molecule has 1 aromatic rings. The standard InChI is InChI=1S/C15H21F2NO3/c1-3-18-15(2,14(19)20)8-4-5-9-21-11-6-7-12(16)13(17)10-11/h6-7,10,18H,3-5,8-9H2,1-2H3,(H,19,20). The number of hydrogen-bond donors (Lipinski definition) is 2. The summed E-state index contributed by atoms with van der Waals surface area (Å²) in [7, 11) is 0. The topological polar surface area (TPSA) is 58.6 Å². The summed E-state index contributed by atoms with van der Waals surface area (Å²) in [5.74, 6) is -2.48. The van der Waals surface area contributed by atoms with Crippen molar-refractivity contribution >= 4 is 5.97 Å². The number of carboxylic acid groups (broad SMARTS) is 1. The lowest BCUT2D eigenvalue weighted by atomic mass is 9.95. The number of carboxylic acids is 1. The zero-order valence-electron chi connectivity index (χ0n) is 12.3. The summed E-state index contributed by atoms with van der Waals surface area (Å²) < 4.78 is 31.0. The number of ether oxygens (including phenoxy) is 1. The molecular formula is C15H21F2NO3. The summed E-state index contributed by atoms with van der Waals surface area (Å²) in [6.45, 7) is 4.41. The van der Waals surface area contributed by atoms with Crippen molar-refractivity contribution in [2.75, 3.05) is 13.2 Å². The average Bonchev–Trinajstić information content (AvgIpc) is 2.42. The molecule has 1 atom stereocenters. The third-order valence-corrected chi connectivity index (χ3v) is 3.27. The Morgan fingerprint density at radius 1 is 1.33 bits per heavy atom. The average molecular weight is 301 g/mol. The third-order valence-electron chi connectivity index (χ3n) is 3.27. The van der Waals surface area contributed by atoms with Crippen molar-refractivity contribution in [3.63, 3.8) is 0 Å². The molecular weight excluding hydrogens is 280 g/mol. The van der Waals surface area contributed by atoms with Crippen LogP contribution in [0, 0.1) is 11.6 Å². The number of likely N-dealkylation sites (N-methyl/N-ethyl adjacent to an activating group) is 1. The van der Waals surface area contributed by atoms with E-state index >= 15 is 0 Å². The second-order valence-electron chi connectivity index (χ2n) is 5.05. The number of hydrogen-bond acceptors (Lipinski definition) is 3. The summed E-state index contributed by atoms with van der Waals surface area (Å²) >= 11 is 0. The Balaban J connectivity index is 2.33. The quantitative estimate of drug-likeness (QED) is 0.689. The molecule has 2 N–H and O–H groups in total. The largest absolute Gasteiger partial charge is 0.493 e. The summed E-state index contributed by atoms with van der Waals surface area (Å²) in [5, 5.41) is 12.1. The van der Waals surface area contributed by atoms with Gasteiger partial charge in [0, 0.05) is 6.07 Å². The van der Waals surface area contributed by atoms with E-state index < -0.39 is 23.1 Å². The molecule has 4 nitrogen and oxygen atoms in total. The van der Waals surface area contributed by atoms with E-state index in [0.29, 0.717) is 32.4 Å². The highest BCUT2D eigenvalue weighted by atomic mass is 19.2. The predicted molar refractivity (Wildman–Crippen MR) is 75.4 cm³/mol. The highest BCUT2D eigenvalue weighted by Gasteiger charge is 2.30. The fourth-order valence-electron chi connectivity index (χ4n) is 2.00. The fourth-order valence-corrected chi connectivity index (χ4v) is 2.00. The molecule has 0 aliphatic heterocycles. The van der Waals surface area contributed by atoms with Crippen molar-refractivity contribution in [2.45, 2.75) is 38.6 Å². The van der Waals surface area contributed by atoms with Gasteiger partial charge in [0.1, 0.15) is 11.3 Å². The van der Waals surface area contributed by atoms with Gasteiger partial charge in [-0.3, -0.25) is 4.79 Å². The van der Waals surface area contributed by atoms with Crippen molar-refractivity contribution in [3.05, 3.63) is 29.8 Å². The Morgan fingerprint density at radius 3 is 2.62 bits per heavy atom. The SMILES string of the molecule is CCNC(C)(CCCCOc1ccc(F)c(F)c1)C(=O)O. The molecule has 0 bridgehead atoms. The minimum absolute atomic E-state index is 0.265. The molecule has 0 amide bonds. The molecule has 1 rings (SSSR count). The maximum absolute atomic E-state index is 13.0. The third kappa shape index (κ3) is 5.30. The molecule has 6 heteroatoms. The normalized spacial score (nSPS) is 13.7. The van der Waals surface area contributed by atoms with Gasteiger partial charge in [-0.05, 0) is 44.9 Å². The Kier molecular flexibility index (Phi) is 6.55. The number of benzene rings is 1. The molecule has 0 spiro atoms. The predicted octanol–water partition coefficient (Wildman–Crippen LogP) is 2.97. The maximum Gasteiger partial charge on any atom is 0.323 e. The zero-order chi connectivity index (χ0) is 15.9. The summed E-state index contributed by atoms with van der Waals surface area (Å²) in [6, 6.07) is 3.37. The van der Waals surface area contributed by atoms with E-state index in [9.17, 15) is 18.7 Å². The van der Waals surface area contributed by atoms with Crippen LogP contribution in [0.15, 0.2) is 18.2 Å². The van der Waals surface area contributed by atoms with E-state index in [0.717, 1.165) is 12.1 Å². The van der Waals surface area contributed by atoms with Gasteiger partial charge in [-0.2, -0.15) is 0 Å². The smallest absolute Gasteiger partial charge is 0.323 e. The van der Waals surface area contributed by atoms with Crippen LogP contribution < -0.4 is 10.1 Å². The summed E-state index contributed by atoms with van der Waals surface area (Å²) in [4.78, 5) is 11.2. The molecule has 0 saturated carbocycles. The lowest BCUT2D eigenvalue weighted by molar-refractivity contribution is -0.144. The first kappa shape index (κ1) is 17.4. The molecule has 21 heavy (non-hydrogen) atoms. The van der Waals surface area contributed by atoms with Gasteiger partial charge in [0.05, 0.1) is 6.61 Å². The molecule has 0 aliphatic rings. The van der Waals surface area contributed by atoms with Crippen LogP contribution >= 0.6 is 0 Å². The number of halogens is 2. The van der Waals surface area contributed by atoms with Crippen molar-refractivity contribution in [1.82, 2.24) is 5.32 Å². The van der Waals surface area contributed by atoms with Crippen LogP contribution in [0.2, 0.25) is 0 Å². The zero-order valence-corrected chi connectivity index (χ0v) is 12.3. The van der Waals surface area contributed by atoms with Crippen LogP contribution in [0.4, 0.5) is 8.78 Å². The molecule has 0 fully saturated rings. The van der Waals surface area contributed by atoms with Crippen molar-refractivity contribution in [3.8, 4) is 5.75 Å². The molecule has 0 aliphatic carbocycles. The number of unbranched alkanes of at least 4 members (excludes halogenated alkanes) is 1. The number of carbonyl (C=O) groups is 1. The van der Waals surface area contributed by atoms with Gasteiger partial charge < -0.3 is 15.2 Å². The van der Waals surface area contributed by atoms with E-state index in [1.807, 2.05) is 6.92 Å². The lowest BCUT2D eigenvalue weighted by Crippen LogP contribution is -2.49. The van der Waals surface area contributed by atoms with Crippen molar-refractivity contribution in [1.29, 1.82) is 0 Å². The van der Waals surface area contributed by atoms with E-state index in [2.05, 4.69) is 5.32 Å². The van der Waals surface area contributed by atoms with Gasteiger partial charge in [0.25, 0.3) is 0 Å². The van der Waals surface area contributed by atoms with Gasteiger partial charge in [-0.25, -0.2) is 8.78 Å². The Hall–Kier alpha value is -1.69. The monoisotopic (exact) mass is 301 g/mol. The lowest BCUT2D eigenvalue weighted by Gasteiger charge is -2.25. The first-order valence-electron chi connectivity index (χ1n) is 6.95. The van der Waals surface area contributed by atoms with E-state index in [-0.39, 0.29) is 5.75 Å². The highest BCUT2D eigenvalue weighted by molar-refractivity contribution is 5.78. The van der Waals surface area contributed by atoms with Gasteiger partial charge in [0.2, 0.25) is 0 Å². The minimum Gasteiger partial charge on any atom is -0.493 e. The van der Waals surface area contributed by atoms with E-state index in [1.54, 1.807) is 6.92 Å². The van der Waals surface area contributed by atoms with Crippen LogP contribution in [0.5, 0.6) is 5.75 Å². The molecule has 0 saturated heterocycles. The second-order valence-corrected chi connectivity index (χ2v) is 5.05. The Labute approximate surface area is 123 Å². The highest BCUT2D eigenvalue weighted by Crippen LogP contribution is 2.17. The van der Waals surface area contributed by atoms with Gasteiger partial charge in [-0.15, -0.1) is 0 Å². The van der Waals surface area contributed by atoms with Gasteiger partial charge in [-0.1, -0.05) is 6.92 Å². The van der Waals surface area contributed by atoms with Gasteiger partial charge >= 0.3 is 5.97 Å². The van der Waals surface area contributed by atoms with Crippen LogP contribution in [0.3, 0.4) is 0 Å². The van der Waals surface area contributed by atoms with Crippen LogP contribution in [0.25, 0.3) is 0 Å². The van der Waals surface area contributed by atoms with Crippen LogP contribution in [0.1, 0.15) is 33.1 Å². The first-order valence-corrected chi connectivity index (χ1v) is 6.95. The number of aliphatic carboxylic acids is 1. The Morgan fingerprint density at radius 2 is 2.05 bits per heavy atom. The molecule has 1 unspecified atom stereocenters. The van der Waals surface area contributed by atoms with E-state index in [1.165, 1.54) is 6.07 Å². The molecule has 1 aromatic carbocycles. The molecule has 0 aromatic heterocycles. The first-order chi connectivity index (χ1) is 9.89. The maximum atomic E-state index is 13.0. The van der Waals surface area contributed by atoms with Crippen molar-refractivity contribution < 1.29 is 23.4 Å². The van der Waals surface area contributed by atoms with Crippen LogP contribution in [-0.2, 0) is 4.79 Å². The molecule has 118 valence electrons.